The third-order valence-electron chi connectivity index (χ3n) is 2.99. The van der Waals surface area contributed by atoms with Crippen molar-refractivity contribution < 1.29 is 14.3 Å². The summed E-state index contributed by atoms with van der Waals surface area (Å²) in [6.07, 6.45) is 3.26. The second-order valence-corrected chi connectivity index (χ2v) is 4.48. The van der Waals surface area contributed by atoms with Gasteiger partial charge in [0.05, 0.1) is 6.61 Å². The predicted molar refractivity (Wildman–Crippen MR) is 75.7 cm³/mol. The van der Waals surface area contributed by atoms with E-state index >= 15 is 0 Å². The number of carbonyl (C=O) groups is 2. The van der Waals surface area contributed by atoms with Gasteiger partial charge in [-0.1, -0.05) is 6.92 Å². The maximum Gasteiger partial charge on any atom is 0.162 e. The van der Waals surface area contributed by atoms with Crippen LogP contribution in [0.5, 0.6) is 5.75 Å². The molecule has 3 nitrogen and oxygen atoms in total. The van der Waals surface area contributed by atoms with E-state index in [2.05, 4.69) is 0 Å². The maximum atomic E-state index is 11.9. The van der Waals surface area contributed by atoms with Gasteiger partial charge in [-0.2, -0.15) is 0 Å². The van der Waals surface area contributed by atoms with Crippen molar-refractivity contribution >= 4 is 11.6 Å². The van der Waals surface area contributed by atoms with Crippen molar-refractivity contribution in [2.75, 3.05) is 6.61 Å². The number of ketones is 2. The molecule has 0 amide bonds. The van der Waals surface area contributed by atoms with Crippen LogP contribution in [0.3, 0.4) is 0 Å². The Morgan fingerprint density at radius 1 is 1.00 bits per heavy atom. The molecule has 0 aliphatic heterocycles. The number of unbranched alkanes of at least 4 members (excludes halogenated alkanes) is 1. The lowest BCUT2D eigenvalue weighted by Crippen LogP contribution is -2.01. The standard InChI is InChI=1S/C16H22O3/c1-3-14(17)7-5-6-8-16(18)13-9-11-15(12-10-13)19-4-2/h9-12H,3-8H2,1-2H3. The molecule has 0 atom stereocenters. The Morgan fingerprint density at radius 3 is 2.21 bits per heavy atom. The van der Waals surface area contributed by atoms with Gasteiger partial charge in [-0.15, -0.1) is 0 Å². The molecule has 0 bridgehead atoms. The highest BCUT2D eigenvalue weighted by Crippen LogP contribution is 2.14. The van der Waals surface area contributed by atoms with Crippen LogP contribution in [0, 0.1) is 0 Å². The van der Waals surface area contributed by atoms with Gasteiger partial charge in [0.2, 0.25) is 0 Å². The molecule has 1 aromatic rings. The Bertz CT molecular complexity index is 407. The average Bonchev–Trinajstić information content (AvgIpc) is 2.44. The van der Waals surface area contributed by atoms with Crippen molar-refractivity contribution in [1.82, 2.24) is 0 Å². The van der Waals surface area contributed by atoms with Gasteiger partial charge in [0.25, 0.3) is 0 Å². The first-order chi connectivity index (χ1) is 9.17. The van der Waals surface area contributed by atoms with E-state index in [-0.39, 0.29) is 11.6 Å². The summed E-state index contributed by atoms with van der Waals surface area (Å²) >= 11 is 0. The fourth-order valence-electron chi connectivity index (χ4n) is 1.83. The van der Waals surface area contributed by atoms with E-state index in [4.69, 9.17) is 4.74 Å². The zero-order valence-electron chi connectivity index (χ0n) is 11.8. The SMILES string of the molecule is CCOc1ccc(C(=O)CCCCC(=O)CC)cc1. The van der Waals surface area contributed by atoms with E-state index in [1.165, 1.54) is 0 Å². The summed E-state index contributed by atoms with van der Waals surface area (Å²) in [7, 11) is 0. The highest BCUT2D eigenvalue weighted by molar-refractivity contribution is 5.96. The zero-order valence-corrected chi connectivity index (χ0v) is 11.8. The van der Waals surface area contributed by atoms with Crippen molar-refractivity contribution in [2.24, 2.45) is 0 Å². The lowest BCUT2D eigenvalue weighted by molar-refractivity contribution is -0.118. The molecule has 0 unspecified atom stereocenters. The molecule has 0 heterocycles. The highest BCUT2D eigenvalue weighted by atomic mass is 16.5. The number of rotatable bonds is 9. The van der Waals surface area contributed by atoms with Crippen molar-refractivity contribution in [2.45, 2.75) is 46.0 Å². The molecule has 1 aromatic carbocycles. The number of hydrogen-bond donors (Lipinski definition) is 0. The first kappa shape index (κ1) is 15.4. The summed E-state index contributed by atoms with van der Waals surface area (Å²) in [5.74, 6) is 1.19. The van der Waals surface area contributed by atoms with Gasteiger partial charge in [-0.25, -0.2) is 0 Å². The smallest absolute Gasteiger partial charge is 0.162 e. The topological polar surface area (TPSA) is 43.4 Å². The minimum atomic E-state index is 0.131. The fourth-order valence-corrected chi connectivity index (χ4v) is 1.83. The van der Waals surface area contributed by atoms with Crippen molar-refractivity contribution in [3.8, 4) is 5.75 Å². The van der Waals surface area contributed by atoms with Gasteiger partial charge >= 0.3 is 0 Å². The normalized spacial score (nSPS) is 10.2. The molecule has 0 radical (unpaired) electrons. The maximum absolute atomic E-state index is 11.9. The number of ether oxygens (including phenoxy) is 1. The third kappa shape index (κ3) is 5.69. The van der Waals surface area contributed by atoms with Crippen LogP contribution in [0.2, 0.25) is 0 Å². The van der Waals surface area contributed by atoms with Crippen LogP contribution in [0.25, 0.3) is 0 Å². The molecule has 0 spiro atoms. The molecular weight excluding hydrogens is 240 g/mol. The van der Waals surface area contributed by atoms with Gasteiger partial charge in [0, 0.05) is 24.8 Å². The predicted octanol–water partition coefficient (Wildman–Crippen LogP) is 3.81. The van der Waals surface area contributed by atoms with E-state index in [0.717, 1.165) is 18.6 Å². The minimum Gasteiger partial charge on any atom is -0.494 e. The molecule has 104 valence electrons. The number of Topliss-reactive ketones (excluding diaryl/α,β-unsaturated/α-hetero) is 2. The number of benzene rings is 1. The molecule has 0 fully saturated rings. The van der Waals surface area contributed by atoms with E-state index in [9.17, 15) is 9.59 Å². The van der Waals surface area contributed by atoms with Crippen LogP contribution in [0.4, 0.5) is 0 Å². The molecule has 0 aromatic heterocycles. The van der Waals surface area contributed by atoms with Gasteiger partial charge in [0.1, 0.15) is 11.5 Å². The third-order valence-corrected chi connectivity index (χ3v) is 2.99. The molecule has 0 N–H and O–H groups in total. The molecular formula is C16H22O3. The van der Waals surface area contributed by atoms with E-state index in [1.54, 1.807) is 12.1 Å². The summed E-state index contributed by atoms with van der Waals surface area (Å²) in [6, 6.07) is 7.23. The Morgan fingerprint density at radius 2 is 1.63 bits per heavy atom. The van der Waals surface area contributed by atoms with E-state index in [0.29, 0.717) is 31.4 Å². The summed E-state index contributed by atoms with van der Waals surface area (Å²) in [5, 5.41) is 0. The quantitative estimate of drug-likeness (QED) is 0.502. The van der Waals surface area contributed by atoms with Gasteiger partial charge < -0.3 is 4.74 Å². The average molecular weight is 262 g/mol. The lowest BCUT2D eigenvalue weighted by atomic mass is 10.0. The first-order valence-electron chi connectivity index (χ1n) is 6.95. The van der Waals surface area contributed by atoms with Crippen LogP contribution < -0.4 is 4.74 Å². The summed E-state index contributed by atoms with van der Waals surface area (Å²) in [6.45, 7) is 4.42. The monoisotopic (exact) mass is 262 g/mol. The molecule has 1 rings (SSSR count). The Balaban J connectivity index is 2.34. The summed E-state index contributed by atoms with van der Waals surface area (Å²) in [5.41, 5.74) is 0.713. The van der Waals surface area contributed by atoms with Crippen LogP contribution in [0.1, 0.15) is 56.3 Å². The molecule has 0 aliphatic rings. The zero-order chi connectivity index (χ0) is 14.1. The van der Waals surface area contributed by atoms with E-state index in [1.807, 2.05) is 26.0 Å². The molecule has 0 saturated carbocycles. The van der Waals surface area contributed by atoms with Crippen molar-refractivity contribution in [3.63, 3.8) is 0 Å². The van der Waals surface area contributed by atoms with Gasteiger partial charge in [0.15, 0.2) is 5.78 Å². The fraction of sp³-hybridized carbons (Fsp3) is 0.500. The van der Waals surface area contributed by atoms with Gasteiger partial charge in [-0.3, -0.25) is 9.59 Å². The van der Waals surface area contributed by atoms with Crippen LogP contribution in [-0.4, -0.2) is 18.2 Å². The summed E-state index contributed by atoms with van der Waals surface area (Å²) in [4.78, 5) is 23.0. The van der Waals surface area contributed by atoms with Crippen LogP contribution >= 0.6 is 0 Å². The molecule has 19 heavy (non-hydrogen) atoms. The Kier molecular flexibility index (Phi) is 6.86. The molecule has 0 saturated heterocycles. The van der Waals surface area contributed by atoms with Crippen molar-refractivity contribution in [3.05, 3.63) is 29.8 Å². The number of hydrogen-bond acceptors (Lipinski definition) is 3. The van der Waals surface area contributed by atoms with Crippen LogP contribution in [0.15, 0.2) is 24.3 Å². The lowest BCUT2D eigenvalue weighted by Gasteiger charge is -2.04. The molecule has 0 aliphatic carbocycles. The summed E-state index contributed by atoms with van der Waals surface area (Å²) < 4.78 is 5.33. The largest absolute Gasteiger partial charge is 0.494 e. The second kappa shape index (κ2) is 8.46. The minimum absolute atomic E-state index is 0.131. The van der Waals surface area contributed by atoms with Crippen LogP contribution in [-0.2, 0) is 4.79 Å². The van der Waals surface area contributed by atoms with Gasteiger partial charge in [-0.05, 0) is 44.0 Å². The first-order valence-corrected chi connectivity index (χ1v) is 6.95. The van der Waals surface area contributed by atoms with Crippen molar-refractivity contribution in [1.29, 1.82) is 0 Å². The Labute approximate surface area is 115 Å². The molecule has 3 heteroatoms. The Hall–Kier alpha value is -1.64. The number of carbonyl (C=O) groups excluding carboxylic acids is 2. The second-order valence-electron chi connectivity index (χ2n) is 4.48. The highest BCUT2D eigenvalue weighted by Gasteiger charge is 2.06. The van der Waals surface area contributed by atoms with E-state index < -0.39 is 0 Å².